The summed E-state index contributed by atoms with van der Waals surface area (Å²) in [5.41, 5.74) is 1.35. The molecule has 0 amide bonds. The molecule has 0 aliphatic carbocycles. The largest absolute Gasteiger partial charge is 0.493 e. The molecule has 0 saturated carbocycles. The Bertz CT molecular complexity index is 711. The van der Waals surface area contributed by atoms with Gasteiger partial charge in [-0.15, -0.1) is 0 Å². The van der Waals surface area contributed by atoms with Gasteiger partial charge < -0.3 is 14.2 Å². The molecule has 0 spiro atoms. The van der Waals surface area contributed by atoms with Gasteiger partial charge in [-0.1, -0.05) is 30.0 Å². The van der Waals surface area contributed by atoms with Crippen molar-refractivity contribution >= 4 is 5.97 Å². The van der Waals surface area contributed by atoms with E-state index in [1.165, 1.54) is 7.11 Å². The van der Waals surface area contributed by atoms with E-state index in [0.29, 0.717) is 23.7 Å². The lowest BCUT2D eigenvalue weighted by Crippen LogP contribution is -2.05. The average molecular weight is 310 g/mol. The summed E-state index contributed by atoms with van der Waals surface area (Å²) in [5, 5.41) is 0. The summed E-state index contributed by atoms with van der Waals surface area (Å²) in [5.74, 6) is 6.56. The molecule has 2 aromatic carbocycles. The third kappa shape index (κ3) is 4.79. The van der Waals surface area contributed by atoms with Gasteiger partial charge in [-0.05, 0) is 37.3 Å². The van der Waals surface area contributed by atoms with Crippen molar-refractivity contribution in [1.82, 2.24) is 0 Å². The lowest BCUT2D eigenvalue weighted by Gasteiger charge is -2.10. The van der Waals surface area contributed by atoms with Crippen molar-refractivity contribution in [1.29, 1.82) is 0 Å². The predicted octanol–water partition coefficient (Wildman–Crippen LogP) is 3.30. The van der Waals surface area contributed by atoms with Crippen molar-refractivity contribution in [2.24, 2.45) is 0 Å². The smallest absolute Gasteiger partial charge is 0.338 e. The van der Waals surface area contributed by atoms with Gasteiger partial charge in [0, 0.05) is 5.56 Å². The second-order valence-corrected chi connectivity index (χ2v) is 4.54. The molecule has 0 aromatic heterocycles. The zero-order valence-corrected chi connectivity index (χ0v) is 13.2. The number of hydrogen-bond acceptors (Lipinski definition) is 4. The highest BCUT2D eigenvalue weighted by atomic mass is 16.5. The molecule has 0 N–H and O–H groups in total. The standard InChI is InChI=1S/C19H18O4/c1-3-22-19(20)16-11-12-17(18(14-16)21-2)23-13-7-10-15-8-5-4-6-9-15/h4-6,8-9,11-12,14H,3,13H2,1-2H3. The van der Waals surface area contributed by atoms with Crippen molar-refractivity contribution < 1.29 is 19.0 Å². The topological polar surface area (TPSA) is 44.8 Å². The maximum atomic E-state index is 11.7. The quantitative estimate of drug-likeness (QED) is 0.628. The minimum atomic E-state index is -0.388. The number of carbonyl (C=O) groups is 1. The van der Waals surface area contributed by atoms with E-state index in [4.69, 9.17) is 14.2 Å². The van der Waals surface area contributed by atoms with Crippen LogP contribution in [-0.4, -0.2) is 26.3 Å². The minimum absolute atomic E-state index is 0.226. The van der Waals surface area contributed by atoms with Crippen LogP contribution in [0.2, 0.25) is 0 Å². The SMILES string of the molecule is CCOC(=O)c1ccc(OCC#Cc2ccccc2)c(OC)c1. The second-order valence-electron chi connectivity index (χ2n) is 4.54. The Kier molecular flexibility index (Phi) is 6.07. The Morgan fingerprint density at radius 2 is 1.87 bits per heavy atom. The predicted molar refractivity (Wildman–Crippen MR) is 87.8 cm³/mol. The van der Waals surface area contributed by atoms with E-state index in [-0.39, 0.29) is 12.6 Å². The van der Waals surface area contributed by atoms with Crippen molar-refractivity contribution in [2.75, 3.05) is 20.3 Å². The van der Waals surface area contributed by atoms with Crippen LogP contribution in [0.3, 0.4) is 0 Å². The molecule has 0 atom stereocenters. The summed E-state index contributed by atoms with van der Waals surface area (Å²) in [6, 6.07) is 14.6. The van der Waals surface area contributed by atoms with Crippen molar-refractivity contribution in [3.05, 3.63) is 59.7 Å². The third-order valence-electron chi connectivity index (χ3n) is 2.98. The van der Waals surface area contributed by atoms with Crippen LogP contribution in [0, 0.1) is 11.8 Å². The van der Waals surface area contributed by atoms with Crippen LogP contribution >= 0.6 is 0 Å². The van der Waals surface area contributed by atoms with Gasteiger partial charge in [-0.3, -0.25) is 0 Å². The van der Waals surface area contributed by atoms with Crippen LogP contribution < -0.4 is 9.47 Å². The van der Waals surface area contributed by atoms with E-state index in [1.807, 2.05) is 30.3 Å². The van der Waals surface area contributed by atoms with E-state index in [9.17, 15) is 4.79 Å². The monoisotopic (exact) mass is 310 g/mol. The fourth-order valence-corrected chi connectivity index (χ4v) is 1.90. The second kappa shape index (κ2) is 8.50. The molecule has 118 valence electrons. The molecule has 0 radical (unpaired) electrons. The highest BCUT2D eigenvalue weighted by Gasteiger charge is 2.11. The summed E-state index contributed by atoms with van der Waals surface area (Å²) in [6.45, 7) is 2.32. The first-order valence-corrected chi connectivity index (χ1v) is 7.26. The summed E-state index contributed by atoms with van der Waals surface area (Å²) in [4.78, 5) is 11.7. The zero-order valence-electron chi connectivity index (χ0n) is 13.2. The number of ether oxygens (including phenoxy) is 3. The van der Waals surface area contributed by atoms with Crippen LogP contribution in [0.5, 0.6) is 11.5 Å². The van der Waals surface area contributed by atoms with E-state index < -0.39 is 0 Å². The number of hydrogen-bond donors (Lipinski definition) is 0. The van der Waals surface area contributed by atoms with Crippen molar-refractivity contribution in [3.63, 3.8) is 0 Å². The highest BCUT2D eigenvalue weighted by Crippen LogP contribution is 2.28. The van der Waals surface area contributed by atoms with Crippen LogP contribution in [0.25, 0.3) is 0 Å². The van der Waals surface area contributed by atoms with Gasteiger partial charge in [0.25, 0.3) is 0 Å². The maximum absolute atomic E-state index is 11.7. The van der Waals surface area contributed by atoms with Gasteiger partial charge in [0.2, 0.25) is 0 Å². The molecule has 4 nitrogen and oxygen atoms in total. The van der Waals surface area contributed by atoms with Gasteiger partial charge >= 0.3 is 5.97 Å². The zero-order chi connectivity index (χ0) is 16.5. The molecule has 2 aromatic rings. The van der Waals surface area contributed by atoms with Gasteiger partial charge in [-0.25, -0.2) is 4.79 Å². The van der Waals surface area contributed by atoms with Crippen LogP contribution in [0.4, 0.5) is 0 Å². The number of esters is 1. The van der Waals surface area contributed by atoms with Gasteiger partial charge in [0.15, 0.2) is 11.5 Å². The Morgan fingerprint density at radius 3 is 2.57 bits per heavy atom. The molecule has 0 bridgehead atoms. The van der Waals surface area contributed by atoms with Crippen molar-refractivity contribution in [2.45, 2.75) is 6.92 Å². The lowest BCUT2D eigenvalue weighted by molar-refractivity contribution is 0.0526. The van der Waals surface area contributed by atoms with Crippen molar-refractivity contribution in [3.8, 4) is 23.3 Å². The molecule has 0 heterocycles. The normalized spacial score (nSPS) is 9.48. The van der Waals surface area contributed by atoms with E-state index in [1.54, 1.807) is 25.1 Å². The van der Waals surface area contributed by atoms with Crippen LogP contribution in [-0.2, 0) is 4.74 Å². The first kappa shape index (κ1) is 16.4. The molecule has 23 heavy (non-hydrogen) atoms. The summed E-state index contributed by atoms with van der Waals surface area (Å²) in [6.07, 6.45) is 0. The Labute approximate surface area is 136 Å². The summed E-state index contributed by atoms with van der Waals surface area (Å²) < 4.78 is 15.8. The van der Waals surface area contributed by atoms with Gasteiger partial charge in [0.1, 0.15) is 6.61 Å². The molecule has 2 rings (SSSR count). The molecule has 0 fully saturated rings. The number of rotatable bonds is 5. The average Bonchev–Trinajstić information content (AvgIpc) is 2.60. The molecular weight excluding hydrogens is 292 g/mol. The first-order valence-electron chi connectivity index (χ1n) is 7.26. The molecule has 0 unspecified atom stereocenters. The minimum Gasteiger partial charge on any atom is -0.493 e. The fourth-order valence-electron chi connectivity index (χ4n) is 1.90. The van der Waals surface area contributed by atoms with Crippen LogP contribution in [0.1, 0.15) is 22.8 Å². The Morgan fingerprint density at radius 1 is 1.09 bits per heavy atom. The first-order chi connectivity index (χ1) is 11.2. The van der Waals surface area contributed by atoms with Gasteiger partial charge in [-0.2, -0.15) is 0 Å². The maximum Gasteiger partial charge on any atom is 0.338 e. The molecule has 0 aliphatic rings. The molecule has 4 heteroatoms. The summed E-state index contributed by atoms with van der Waals surface area (Å²) >= 11 is 0. The number of benzene rings is 2. The van der Waals surface area contributed by atoms with E-state index >= 15 is 0 Å². The van der Waals surface area contributed by atoms with E-state index in [2.05, 4.69) is 11.8 Å². The van der Waals surface area contributed by atoms with Crippen LogP contribution in [0.15, 0.2) is 48.5 Å². The molecular formula is C19H18O4. The summed E-state index contributed by atoms with van der Waals surface area (Å²) in [7, 11) is 1.52. The molecule has 0 saturated heterocycles. The highest BCUT2D eigenvalue weighted by molar-refractivity contribution is 5.90. The Balaban J connectivity index is 2.03. The third-order valence-corrected chi connectivity index (χ3v) is 2.98. The Hall–Kier alpha value is -2.93. The lowest BCUT2D eigenvalue weighted by atomic mass is 10.2. The van der Waals surface area contributed by atoms with E-state index in [0.717, 1.165) is 5.56 Å². The van der Waals surface area contributed by atoms with Gasteiger partial charge in [0.05, 0.1) is 19.3 Å². The fraction of sp³-hybridized carbons (Fsp3) is 0.211. The number of methoxy groups -OCH3 is 1. The number of carbonyl (C=O) groups excluding carboxylic acids is 1. The molecule has 0 aliphatic heterocycles.